The van der Waals surface area contributed by atoms with Gasteiger partial charge in [-0.15, -0.1) is 0 Å². The number of aliphatic hydroxyl groups excluding tert-OH is 1. The molecule has 3 aliphatic heterocycles. The molecule has 2 amide bonds. The van der Waals surface area contributed by atoms with Gasteiger partial charge in [-0.3, -0.25) is 14.5 Å². The lowest BCUT2D eigenvalue weighted by Crippen LogP contribution is -2.62. The minimum atomic E-state index is -0.516. The lowest BCUT2D eigenvalue weighted by Gasteiger charge is -2.47. The predicted molar refractivity (Wildman–Crippen MR) is 90.8 cm³/mol. The lowest BCUT2D eigenvalue weighted by molar-refractivity contribution is -0.155. The van der Waals surface area contributed by atoms with Crippen LogP contribution in [0.3, 0.4) is 0 Å². The Morgan fingerprint density at radius 3 is 2.54 bits per heavy atom. The molecule has 1 N–H and O–H groups in total. The zero-order valence-corrected chi connectivity index (χ0v) is 14.7. The van der Waals surface area contributed by atoms with Crippen molar-refractivity contribution < 1.29 is 14.7 Å². The molecule has 2 saturated heterocycles. The van der Waals surface area contributed by atoms with E-state index in [1.165, 1.54) is 11.3 Å². The SMILES string of the molecule is CCCCC(O)C1C=CC2C(=O)N(C)C(=O)C2N1N1CCCCC1. The maximum Gasteiger partial charge on any atom is 0.248 e. The third-order valence-electron chi connectivity index (χ3n) is 5.55. The molecule has 0 bridgehead atoms. The van der Waals surface area contributed by atoms with Gasteiger partial charge in [-0.2, -0.15) is 0 Å². The molecule has 6 nitrogen and oxygen atoms in total. The number of likely N-dealkylation sites (N-methyl/N-ethyl adjacent to an activating group) is 1. The number of carbonyl (C=O) groups excluding carboxylic acids is 2. The summed E-state index contributed by atoms with van der Waals surface area (Å²) < 4.78 is 0. The highest BCUT2D eigenvalue weighted by Crippen LogP contribution is 2.34. The van der Waals surface area contributed by atoms with Gasteiger partial charge < -0.3 is 5.11 Å². The van der Waals surface area contributed by atoms with Gasteiger partial charge in [-0.25, -0.2) is 10.0 Å². The average Bonchev–Trinajstić information content (AvgIpc) is 2.84. The summed E-state index contributed by atoms with van der Waals surface area (Å²) >= 11 is 0. The van der Waals surface area contributed by atoms with E-state index in [9.17, 15) is 14.7 Å². The number of carbonyl (C=O) groups is 2. The van der Waals surface area contributed by atoms with E-state index in [0.29, 0.717) is 6.42 Å². The standard InChI is InChI=1S/C18H29N3O3/c1-3-4-8-15(22)14-10-9-13-16(18(24)19(2)17(13)23)21(14)20-11-6-5-7-12-20/h9-10,13-16,22H,3-8,11-12H2,1-2H3. The van der Waals surface area contributed by atoms with Gasteiger partial charge >= 0.3 is 0 Å². The highest BCUT2D eigenvalue weighted by Gasteiger charge is 2.53. The number of fused-ring (bicyclic) bond motifs is 1. The molecule has 0 aromatic heterocycles. The number of hydrazine groups is 1. The molecular weight excluding hydrogens is 306 g/mol. The second-order valence-electron chi connectivity index (χ2n) is 7.19. The van der Waals surface area contributed by atoms with Gasteiger partial charge in [0, 0.05) is 20.1 Å². The van der Waals surface area contributed by atoms with E-state index in [4.69, 9.17) is 0 Å². The van der Waals surface area contributed by atoms with Gasteiger partial charge in [0.2, 0.25) is 11.8 Å². The van der Waals surface area contributed by atoms with Crippen LogP contribution in [0.5, 0.6) is 0 Å². The van der Waals surface area contributed by atoms with Gasteiger partial charge in [0.1, 0.15) is 6.04 Å². The van der Waals surface area contributed by atoms with Crippen molar-refractivity contribution in [3.05, 3.63) is 12.2 Å². The van der Waals surface area contributed by atoms with Crippen LogP contribution in [0.2, 0.25) is 0 Å². The number of amides is 2. The number of rotatable bonds is 5. The van der Waals surface area contributed by atoms with Gasteiger partial charge in [0.15, 0.2) is 0 Å². The van der Waals surface area contributed by atoms with Crippen molar-refractivity contribution in [3.63, 3.8) is 0 Å². The van der Waals surface area contributed by atoms with E-state index in [2.05, 4.69) is 11.9 Å². The van der Waals surface area contributed by atoms with Crippen molar-refractivity contribution in [2.45, 2.75) is 63.6 Å². The fraction of sp³-hybridized carbons (Fsp3) is 0.778. The van der Waals surface area contributed by atoms with Gasteiger partial charge in [-0.1, -0.05) is 38.3 Å². The molecular formula is C18H29N3O3. The summed E-state index contributed by atoms with van der Waals surface area (Å²) in [4.78, 5) is 26.3. The molecule has 0 radical (unpaired) electrons. The van der Waals surface area contributed by atoms with Crippen molar-refractivity contribution in [2.24, 2.45) is 5.92 Å². The topological polar surface area (TPSA) is 64.1 Å². The van der Waals surface area contributed by atoms with Gasteiger partial charge in [-0.05, 0) is 19.3 Å². The summed E-state index contributed by atoms with van der Waals surface area (Å²) in [7, 11) is 1.56. The summed E-state index contributed by atoms with van der Waals surface area (Å²) in [5, 5.41) is 15.0. The summed E-state index contributed by atoms with van der Waals surface area (Å²) in [6.07, 6.45) is 9.35. The monoisotopic (exact) mass is 335 g/mol. The number of nitrogens with zero attached hydrogens (tertiary/aromatic N) is 3. The molecule has 3 aliphatic rings. The van der Waals surface area contributed by atoms with Crippen LogP contribution in [0, 0.1) is 5.92 Å². The van der Waals surface area contributed by atoms with Crippen LogP contribution in [0.1, 0.15) is 45.4 Å². The third-order valence-corrected chi connectivity index (χ3v) is 5.55. The smallest absolute Gasteiger partial charge is 0.248 e. The Morgan fingerprint density at radius 1 is 1.17 bits per heavy atom. The molecule has 0 saturated carbocycles. The molecule has 0 aromatic rings. The molecule has 24 heavy (non-hydrogen) atoms. The Balaban J connectivity index is 1.90. The molecule has 2 fully saturated rings. The highest BCUT2D eigenvalue weighted by molar-refractivity contribution is 6.07. The first kappa shape index (κ1) is 17.6. The summed E-state index contributed by atoms with van der Waals surface area (Å²) in [5.74, 6) is -0.698. The van der Waals surface area contributed by atoms with Crippen molar-refractivity contribution in [1.82, 2.24) is 14.9 Å². The van der Waals surface area contributed by atoms with Crippen molar-refractivity contribution in [1.29, 1.82) is 0 Å². The maximum absolute atomic E-state index is 12.7. The zero-order valence-electron chi connectivity index (χ0n) is 14.7. The van der Waals surface area contributed by atoms with Crippen LogP contribution in [0.25, 0.3) is 0 Å². The maximum atomic E-state index is 12.7. The van der Waals surface area contributed by atoms with E-state index >= 15 is 0 Å². The lowest BCUT2D eigenvalue weighted by atomic mass is 9.91. The molecule has 0 aromatic carbocycles. The zero-order chi connectivity index (χ0) is 17.3. The number of imide groups is 1. The summed E-state index contributed by atoms with van der Waals surface area (Å²) in [6.45, 7) is 3.88. The van der Waals surface area contributed by atoms with E-state index < -0.39 is 18.1 Å². The predicted octanol–water partition coefficient (Wildman–Crippen LogP) is 1.16. The minimum Gasteiger partial charge on any atom is -0.391 e. The second-order valence-corrected chi connectivity index (χ2v) is 7.19. The largest absolute Gasteiger partial charge is 0.391 e. The fourth-order valence-corrected chi connectivity index (χ4v) is 4.15. The Kier molecular flexibility index (Phi) is 5.37. The average molecular weight is 335 g/mol. The number of unbranched alkanes of at least 4 members (excludes halogenated alkanes) is 1. The van der Waals surface area contributed by atoms with Gasteiger partial charge in [0.05, 0.1) is 18.1 Å². The van der Waals surface area contributed by atoms with E-state index in [1.807, 2.05) is 17.2 Å². The fourth-order valence-electron chi connectivity index (χ4n) is 4.15. The Morgan fingerprint density at radius 2 is 1.88 bits per heavy atom. The molecule has 0 aliphatic carbocycles. The van der Waals surface area contributed by atoms with Crippen molar-refractivity contribution >= 4 is 11.8 Å². The molecule has 4 unspecified atom stereocenters. The Labute approximate surface area is 144 Å². The van der Waals surface area contributed by atoms with Crippen LogP contribution >= 0.6 is 0 Å². The van der Waals surface area contributed by atoms with Crippen LogP contribution in [0.15, 0.2) is 12.2 Å². The Hall–Kier alpha value is -1.24. The van der Waals surface area contributed by atoms with Crippen molar-refractivity contribution in [2.75, 3.05) is 20.1 Å². The number of likely N-dealkylation sites (tertiary alicyclic amines) is 1. The summed E-state index contributed by atoms with van der Waals surface area (Å²) in [5.41, 5.74) is 0. The molecule has 3 heterocycles. The summed E-state index contributed by atoms with van der Waals surface area (Å²) in [6, 6.07) is -0.717. The molecule has 134 valence electrons. The quantitative estimate of drug-likeness (QED) is 0.603. The van der Waals surface area contributed by atoms with Crippen LogP contribution in [-0.2, 0) is 9.59 Å². The normalized spacial score (nSPS) is 33.1. The number of aliphatic hydroxyl groups is 1. The molecule has 0 spiro atoms. The van der Waals surface area contributed by atoms with Gasteiger partial charge in [0.25, 0.3) is 0 Å². The Bertz CT molecular complexity index is 516. The van der Waals surface area contributed by atoms with Crippen LogP contribution < -0.4 is 0 Å². The molecule has 4 atom stereocenters. The number of piperidine rings is 1. The van der Waals surface area contributed by atoms with E-state index in [-0.39, 0.29) is 17.9 Å². The highest BCUT2D eigenvalue weighted by atomic mass is 16.3. The first-order valence-electron chi connectivity index (χ1n) is 9.27. The molecule has 3 rings (SSSR count). The van der Waals surface area contributed by atoms with E-state index in [1.54, 1.807) is 7.05 Å². The first-order valence-corrected chi connectivity index (χ1v) is 9.27. The van der Waals surface area contributed by atoms with Crippen LogP contribution in [-0.4, -0.2) is 70.2 Å². The van der Waals surface area contributed by atoms with Crippen LogP contribution in [0.4, 0.5) is 0 Å². The first-order chi connectivity index (χ1) is 11.6. The van der Waals surface area contributed by atoms with Crippen molar-refractivity contribution in [3.8, 4) is 0 Å². The number of hydrogen-bond donors (Lipinski definition) is 1. The number of hydrogen-bond acceptors (Lipinski definition) is 5. The third kappa shape index (κ3) is 3.03. The molecule has 6 heteroatoms. The second kappa shape index (κ2) is 7.33. The minimum absolute atomic E-state index is 0.134. The van der Waals surface area contributed by atoms with E-state index in [0.717, 1.165) is 38.8 Å².